The van der Waals surface area contributed by atoms with E-state index in [9.17, 15) is 19.1 Å². The van der Waals surface area contributed by atoms with Crippen molar-refractivity contribution in [1.82, 2.24) is 14.9 Å². The van der Waals surface area contributed by atoms with Crippen molar-refractivity contribution in [3.63, 3.8) is 0 Å². The van der Waals surface area contributed by atoms with Crippen LogP contribution in [0.1, 0.15) is 31.0 Å². The molecule has 36 heavy (non-hydrogen) atoms. The minimum atomic E-state index is -1.16. The van der Waals surface area contributed by atoms with Gasteiger partial charge in [0.2, 0.25) is 11.6 Å². The van der Waals surface area contributed by atoms with Gasteiger partial charge in [0.15, 0.2) is 23.0 Å². The number of rotatable bonds is 9. The molecule has 0 unspecified atom stereocenters. The van der Waals surface area contributed by atoms with Gasteiger partial charge in [0.25, 0.3) is 5.91 Å². The Kier molecular flexibility index (Phi) is 8.26. The Balaban J connectivity index is 2.30. The fraction of sp³-hybridized carbons (Fsp3) is 0.259. The molecule has 1 aliphatic rings. The molecule has 1 saturated heterocycles. The molecule has 0 aliphatic carbocycles. The fourth-order valence-corrected chi connectivity index (χ4v) is 4.04. The first-order valence-corrected chi connectivity index (χ1v) is 11.3. The second-order valence-corrected chi connectivity index (χ2v) is 8.43. The van der Waals surface area contributed by atoms with E-state index in [0.717, 1.165) is 12.1 Å². The van der Waals surface area contributed by atoms with E-state index in [-0.39, 0.29) is 36.3 Å². The number of amides is 1. The summed E-state index contributed by atoms with van der Waals surface area (Å²) in [5.74, 6) is -4.70. The van der Waals surface area contributed by atoms with Crippen molar-refractivity contribution < 1.29 is 28.2 Å². The molecule has 190 valence electrons. The van der Waals surface area contributed by atoms with Gasteiger partial charge in [0.05, 0.1) is 12.7 Å². The lowest BCUT2D eigenvalue weighted by molar-refractivity contribution is -0.155. The molecule has 1 heterocycles. The van der Waals surface area contributed by atoms with E-state index in [1.165, 1.54) is 29.1 Å². The van der Waals surface area contributed by atoms with Gasteiger partial charge < -0.3 is 14.7 Å². The van der Waals surface area contributed by atoms with Gasteiger partial charge in [0, 0.05) is 18.7 Å². The molecule has 1 N–H and O–H groups in total. The van der Waals surface area contributed by atoms with E-state index in [0.29, 0.717) is 5.56 Å². The normalized spacial score (nSPS) is 16.7. The Morgan fingerprint density at radius 3 is 2.42 bits per heavy atom. The smallest absolute Gasteiger partial charge is 0.276 e. The average Bonchev–Trinajstić information content (AvgIpc) is 2.87. The Bertz CT molecular complexity index is 1200. The topological polar surface area (TPSA) is 73.3 Å². The molecule has 0 aromatic heterocycles. The van der Waals surface area contributed by atoms with Gasteiger partial charge in [-0.2, -0.15) is 9.40 Å². The van der Waals surface area contributed by atoms with Crippen LogP contribution >= 0.6 is 0 Å². The lowest BCUT2D eigenvalue weighted by Crippen LogP contribution is -2.59. The van der Waals surface area contributed by atoms with E-state index in [4.69, 9.17) is 4.74 Å². The number of ether oxygens (including phenoxy) is 1. The second kappa shape index (κ2) is 11.2. The first-order chi connectivity index (χ1) is 17.1. The minimum Gasteiger partial charge on any atom is -0.503 e. The number of halogens is 2. The number of ketones is 1. The summed E-state index contributed by atoms with van der Waals surface area (Å²) in [6, 6.07) is 10.3. The van der Waals surface area contributed by atoms with Crippen molar-refractivity contribution in [3.8, 4) is 5.75 Å². The third-order valence-electron chi connectivity index (χ3n) is 5.87. The van der Waals surface area contributed by atoms with Crippen LogP contribution in [0.4, 0.5) is 8.78 Å². The highest BCUT2D eigenvalue weighted by Crippen LogP contribution is 2.40. The van der Waals surface area contributed by atoms with Gasteiger partial charge in [-0.3, -0.25) is 14.6 Å². The molecule has 1 amide bonds. The van der Waals surface area contributed by atoms with Crippen molar-refractivity contribution in [2.45, 2.75) is 25.9 Å². The molecule has 0 bridgehead atoms. The van der Waals surface area contributed by atoms with Crippen molar-refractivity contribution in [3.05, 3.63) is 102 Å². The van der Waals surface area contributed by atoms with Gasteiger partial charge in [-0.15, -0.1) is 0 Å². The molecular formula is C27H29F2N3O4. The van der Waals surface area contributed by atoms with Gasteiger partial charge in [-0.05, 0) is 31.6 Å². The molecule has 0 spiro atoms. The highest BCUT2D eigenvalue weighted by molar-refractivity contribution is 6.08. The highest BCUT2D eigenvalue weighted by Gasteiger charge is 2.42. The van der Waals surface area contributed by atoms with E-state index in [1.807, 2.05) is 6.07 Å². The third-order valence-corrected chi connectivity index (χ3v) is 5.87. The summed E-state index contributed by atoms with van der Waals surface area (Å²) in [6.07, 6.45) is 2.32. The quantitative estimate of drug-likeness (QED) is 0.313. The van der Waals surface area contributed by atoms with E-state index >= 15 is 4.39 Å². The number of hydrogen-bond acceptors (Lipinski definition) is 6. The molecule has 1 fully saturated rings. The third kappa shape index (κ3) is 5.01. The van der Waals surface area contributed by atoms with E-state index in [1.54, 1.807) is 43.1 Å². The van der Waals surface area contributed by atoms with E-state index < -0.39 is 35.1 Å². The van der Waals surface area contributed by atoms with Crippen LogP contribution in [-0.4, -0.2) is 58.1 Å². The summed E-state index contributed by atoms with van der Waals surface area (Å²) in [6.45, 7) is 10.5. The van der Waals surface area contributed by atoms with E-state index in [2.05, 4.69) is 13.2 Å². The van der Waals surface area contributed by atoms with Crippen molar-refractivity contribution in [1.29, 1.82) is 0 Å². The van der Waals surface area contributed by atoms with Gasteiger partial charge in [-0.25, -0.2) is 4.39 Å². The lowest BCUT2D eigenvalue weighted by atomic mass is 9.96. The summed E-state index contributed by atoms with van der Waals surface area (Å²) in [5.41, 5.74) is 0.684. The maximum atomic E-state index is 15.0. The standard InChI is InChI=1S/C27H29F2N3O4/c1-6-15-36-26-19(13-14-20(28)22(26)29)23(18-11-9-8-10-12-18)32-16-31(17(3)4)27(35)24(30(32)5)25(34)21(33)7-2/h6-14,17,23,34H,1-2,15-16H2,3-5H3/b25-24+/t23-/m1/s1. The van der Waals surface area contributed by atoms with Crippen LogP contribution in [0.2, 0.25) is 0 Å². The first-order valence-electron chi connectivity index (χ1n) is 11.3. The summed E-state index contributed by atoms with van der Waals surface area (Å²) in [4.78, 5) is 27.0. The van der Waals surface area contributed by atoms with Crippen LogP contribution in [0.25, 0.3) is 0 Å². The average molecular weight is 498 g/mol. The first kappa shape index (κ1) is 26.6. The van der Waals surface area contributed by atoms with Crippen molar-refractivity contribution in [2.24, 2.45) is 0 Å². The number of allylic oxidation sites excluding steroid dienone is 1. The number of nitrogens with zero attached hydrogens (tertiary/aromatic N) is 3. The van der Waals surface area contributed by atoms with Crippen LogP contribution < -0.4 is 4.74 Å². The van der Waals surface area contributed by atoms with Gasteiger partial charge in [0.1, 0.15) is 6.61 Å². The Hall–Kier alpha value is -3.98. The van der Waals surface area contributed by atoms with Crippen LogP contribution in [0, 0.1) is 11.6 Å². The zero-order valence-electron chi connectivity index (χ0n) is 20.4. The van der Waals surface area contributed by atoms with Gasteiger partial charge >= 0.3 is 0 Å². The van der Waals surface area contributed by atoms with Crippen LogP contribution in [-0.2, 0) is 9.59 Å². The molecule has 2 aromatic carbocycles. The summed E-state index contributed by atoms with van der Waals surface area (Å²) in [5, 5.41) is 13.7. The number of hydrogen-bond donors (Lipinski definition) is 1. The summed E-state index contributed by atoms with van der Waals surface area (Å²) >= 11 is 0. The largest absolute Gasteiger partial charge is 0.503 e. The molecule has 7 nitrogen and oxygen atoms in total. The van der Waals surface area contributed by atoms with Crippen molar-refractivity contribution in [2.75, 3.05) is 20.3 Å². The fourth-order valence-electron chi connectivity index (χ4n) is 4.04. The van der Waals surface area contributed by atoms with Crippen LogP contribution in [0.3, 0.4) is 0 Å². The molecule has 9 heteroatoms. The molecule has 0 saturated carbocycles. The number of carbonyl (C=O) groups excluding carboxylic acids is 2. The number of benzene rings is 2. The molecule has 3 rings (SSSR count). The number of aliphatic hydroxyl groups excluding tert-OH is 1. The lowest BCUT2D eigenvalue weighted by Gasteiger charge is -2.48. The van der Waals surface area contributed by atoms with Crippen LogP contribution in [0.5, 0.6) is 5.75 Å². The Morgan fingerprint density at radius 1 is 1.17 bits per heavy atom. The number of hydrazine groups is 1. The summed E-state index contributed by atoms with van der Waals surface area (Å²) in [7, 11) is 1.51. The molecule has 1 aliphatic heterocycles. The maximum absolute atomic E-state index is 15.0. The van der Waals surface area contributed by atoms with Crippen molar-refractivity contribution >= 4 is 11.7 Å². The molecule has 1 atom stereocenters. The molecule has 2 aromatic rings. The zero-order chi connectivity index (χ0) is 26.6. The minimum absolute atomic E-state index is 0.0194. The predicted molar refractivity (Wildman–Crippen MR) is 132 cm³/mol. The monoisotopic (exact) mass is 497 g/mol. The Morgan fingerprint density at radius 2 is 1.83 bits per heavy atom. The number of carbonyl (C=O) groups is 2. The SMILES string of the molecule is C=CCOc1c([C@@H](c2ccccc2)N2CN(C(C)C)C(=O)/C(=C(\O)C(=O)C=C)N2C)ccc(F)c1F. The highest BCUT2D eigenvalue weighted by atomic mass is 19.2. The second-order valence-electron chi connectivity index (χ2n) is 8.43. The molecule has 0 radical (unpaired) electrons. The number of aliphatic hydroxyl groups is 1. The predicted octanol–water partition coefficient (Wildman–Crippen LogP) is 4.50. The Labute approximate surface area is 209 Å². The maximum Gasteiger partial charge on any atom is 0.276 e. The zero-order valence-corrected chi connectivity index (χ0v) is 20.4. The summed E-state index contributed by atoms with van der Waals surface area (Å²) < 4.78 is 34.8. The number of likely N-dealkylation sites (N-methyl/N-ethyl adjacent to an activating group) is 1. The van der Waals surface area contributed by atoms with Crippen LogP contribution in [0.15, 0.2) is 79.2 Å². The van der Waals surface area contributed by atoms with Gasteiger partial charge in [-0.1, -0.05) is 55.6 Å². The molecular weight excluding hydrogens is 468 g/mol.